The molecule has 0 unspecified atom stereocenters. The van der Waals surface area contributed by atoms with E-state index in [2.05, 4.69) is 16.0 Å². The van der Waals surface area contributed by atoms with Crippen LogP contribution in [0, 0.1) is 18.3 Å². The highest BCUT2D eigenvalue weighted by atomic mass is 16.5. The highest BCUT2D eigenvalue weighted by Crippen LogP contribution is 2.31. The third kappa shape index (κ3) is 3.19. The Morgan fingerprint density at radius 1 is 1.09 bits per heavy atom. The van der Waals surface area contributed by atoms with Crippen molar-refractivity contribution in [1.82, 2.24) is 9.97 Å². The van der Waals surface area contributed by atoms with Crippen LogP contribution in [0.3, 0.4) is 0 Å². The van der Waals surface area contributed by atoms with Gasteiger partial charge in [0.25, 0.3) is 0 Å². The highest BCUT2D eigenvalue weighted by Gasteiger charge is 2.14. The molecule has 2 heterocycles. The fourth-order valence-corrected chi connectivity index (χ4v) is 2.39. The van der Waals surface area contributed by atoms with E-state index in [0.717, 1.165) is 22.3 Å². The van der Waals surface area contributed by atoms with Crippen LogP contribution in [-0.4, -0.2) is 9.97 Å². The molecule has 0 radical (unpaired) electrons. The Morgan fingerprint density at radius 3 is 2.52 bits per heavy atom. The predicted molar refractivity (Wildman–Crippen MR) is 87.7 cm³/mol. The van der Waals surface area contributed by atoms with Crippen LogP contribution < -0.4 is 4.74 Å². The Hall–Kier alpha value is -3.19. The van der Waals surface area contributed by atoms with Gasteiger partial charge in [0, 0.05) is 29.7 Å². The molecule has 0 aliphatic carbocycles. The zero-order valence-corrected chi connectivity index (χ0v) is 12.7. The summed E-state index contributed by atoms with van der Waals surface area (Å²) in [5.74, 6) is 0.533. The van der Waals surface area contributed by atoms with Crippen molar-refractivity contribution in [2.75, 3.05) is 0 Å². The Balaban J connectivity index is 1.96. The zero-order chi connectivity index (χ0) is 16.1. The van der Waals surface area contributed by atoms with Crippen LogP contribution in [-0.2, 0) is 6.61 Å². The molecular weight excluding hydrogens is 286 g/mol. The van der Waals surface area contributed by atoms with Crippen LogP contribution in [0.1, 0.15) is 16.8 Å². The van der Waals surface area contributed by atoms with Crippen molar-refractivity contribution in [2.24, 2.45) is 0 Å². The molecule has 0 spiro atoms. The van der Waals surface area contributed by atoms with Gasteiger partial charge in [0.15, 0.2) is 11.4 Å². The van der Waals surface area contributed by atoms with Crippen molar-refractivity contribution in [1.29, 1.82) is 5.26 Å². The minimum Gasteiger partial charge on any atom is -0.486 e. The van der Waals surface area contributed by atoms with Crippen LogP contribution in [0.25, 0.3) is 11.1 Å². The summed E-state index contributed by atoms with van der Waals surface area (Å²) in [5.41, 5.74) is 4.19. The van der Waals surface area contributed by atoms with Gasteiger partial charge in [-0.1, -0.05) is 30.3 Å². The lowest BCUT2D eigenvalue weighted by molar-refractivity contribution is 0.302. The van der Waals surface area contributed by atoms with Gasteiger partial charge in [-0.15, -0.1) is 0 Å². The number of pyridine rings is 2. The van der Waals surface area contributed by atoms with Crippen LogP contribution >= 0.6 is 0 Å². The topological polar surface area (TPSA) is 58.8 Å². The maximum Gasteiger partial charge on any atom is 0.182 e. The molecule has 0 N–H and O–H groups in total. The van der Waals surface area contributed by atoms with E-state index in [1.165, 1.54) is 0 Å². The molecule has 0 amide bonds. The standard InChI is InChI=1S/C19H15N3O/c1-14-17(16-7-9-21-10-8-16)12-22-18(11-20)19(14)23-13-15-5-3-2-4-6-15/h2-10,12H,13H2,1H3. The van der Waals surface area contributed by atoms with Gasteiger partial charge in [-0.2, -0.15) is 5.26 Å². The normalized spacial score (nSPS) is 10.1. The lowest BCUT2D eigenvalue weighted by atomic mass is 10.0. The van der Waals surface area contributed by atoms with E-state index in [1.807, 2.05) is 49.4 Å². The largest absolute Gasteiger partial charge is 0.486 e. The molecular formula is C19H15N3O. The fourth-order valence-electron chi connectivity index (χ4n) is 2.39. The first-order valence-electron chi connectivity index (χ1n) is 7.26. The summed E-state index contributed by atoms with van der Waals surface area (Å²) in [6.07, 6.45) is 5.17. The molecule has 112 valence electrons. The number of nitriles is 1. The van der Waals surface area contributed by atoms with E-state index < -0.39 is 0 Å². The maximum atomic E-state index is 9.30. The summed E-state index contributed by atoms with van der Waals surface area (Å²) in [7, 11) is 0. The molecule has 3 rings (SSSR count). The van der Waals surface area contributed by atoms with Gasteiger partial charge in [0.05, 0.1) is 0 Å². The van der Waals surface area contributed by atoms with E-state index in [0.29, 0.717) is 18.1 Å². The predicted octanol–water partition coefficient (Wildman–Crippen LogP) is 3.90. The molecule has 0 aliphatic heterocycles. The van der Waals surface area contributed by atoms with Crippen LogP contribution in [0.5, 0.6) is 5.75 Å². The molecule has 0 aliphatic rings. The number of rotatable bonds is 4. The van der Waals surface area contributed by atoms with Crippen LogP contribution in [0.15, 0.2) is 61.1 Å². The molecule has 0 atom stereocenters. The van der Waals surface area contributed by atoms with Crippen molar-refractivity contribution in [2.45, 2.75) is 13.5 Å². The van der Waals surface area contributed by atoms with Crippen molar-refractivity contribution >= 4 is 0 Å². The Kier molecular flexibility index (Phi) is 4.30. The summed E-state index contributed by atoms with van der Waals surface area (Å²) in [5, 5.41) is 9.30. The summed E-state index contributed by atoms with van der Waals surface area (Å²) in [6.45, 7) is 2.34. The van der Waals surface area contributed by atoms with Gasteiger partial charge in [0.2, 0.25) is 0 Å². The molecule has 23 heavy (non-hydrogen) atoms. The number of benzene rings is 1. The van der Waals surface area contributed by atoms with Crippen molar-refractivity contribution in [3.63, 3.8) is 0 Å². The Bertz CT molecular complexity index is 840. The Labute approximate surface area is 135 Å². The molecule has 4 nitrogen and oxygen atoms in total. The third-order valence-corrected chi connectivity index (χ3v) is 3.61. The Morgan fingerprint density at radius 2 is 1.83 bits per heavy atom. The summed E-state index contributed by atoms with van der Waals surface area (Å²) >= 11 is 0. The smallest absolute Gasteiger partial charge is 0.182 e. The average molecular weight is 301 g/mol. The first kappa shape index (κ1) is 14.7. The second-order valence-corrected chi connectivity index (χ2v) is 5.10. The van der Waals surface area contributed by atoms with Crippen LogP contribution in [0.4, 0.5) is 0 Å². The molecule has 0 saturated heterocycles. The first-order chi connectivity index (χ1) is 11.3. The fraction of sp³-hybridized carbons (Fsp3) is 0.105. The molecule has 1 aromatic carbocycles. The first-order valence-corrected chi connectivity index (χ1v) is 7.26. The van der Waals surface area contributed by atoms with Gasteiger partial charge in [-0.3, -0.25) is 4.98 Å². The maximum absolute atomic E-state index is 9.30. The minimum atomic E-state index is 0.302. The van der Waals surface area contributed by atoms with E-state index in [4.69, 9.17) is 4.74 Å². The lowest BCUT2D eigenvalue weighted by Crippen LogP contribution is -2.02. The van der Waals surface area contributed by atoms with Crippen molar-refractivity contribution < 1.29 is 4.74 Å². The molecule has 4 heteroatoms. The molecule has 0 saturated carbocycles. The third-order valence-electron chi connectivity index (χ3n) is 3.61. The van der Waals surface area contributed by atoms with Gasteiger partial charge < -0.3 is 4.74 Å². The van der Waals surface area contributed by atoms with E-state index >= 15 is 0 Å². The number of nitrogens with zero attached hydrogens (tertiary/aromatic N) is 3. The number of aromatic nitrogens is 2. The van der Waals surface area contributed by atoms with Gasteiger partial charge in [0.1, 0.15) is 12.7 Å². The molecule has 2 aromatic heterocycles. The number of hydrogen-bond acceptors (Lipinski definition) is 4. The lowest BCUT2D eigenvalue weighted by Gasteiger charge is -2.14. The minimum absolute atomic E-state index is 0.302. The van der Waals surface area contributed by atoms with E-state index in [1.54, 1.807) is 18.6 Å². The van der Waals surface area contributed by atoms with Crippen molar-refractivity contribution in [3.05, 3.63) is 77.9 Å². The molecule has 3 aromatic rings. The summed E-state index contributed by atoms with van der Waals surface area (Å²) < 4.78 is 5.91. The van der Waals surface area contributed by atoms with Gasteiger partial charge >= 0.3 is 0 Å². The van der Waals surface area contributed by atoms with E-state index in [9.17, 15) is 5.26 Å². The zero-order valence-electron chi connectivity index (χ0n) is 12.7. The number of ether oxygens (including phenoxy) is 1. The van der Waals surface area contributed by atoms with Crippen molar-refractivity contribution in [3.8, 4) is 22.9 Å². The second kappa shape index (κ2) is 6.71. The molecule has 0 fully saturated rings. The summed E-state index contributed by atoms with van der Waals surface area (Å²) in [6, 6.07) is 15.8. The summed E-state index contributed by atoms with van der Waals surface area (Å²) in [4.78, 5) is 8.27. The van der Waals surface area contributed by atoms with E-state index in [-0.39, 0.29) is 0 Å². The SMILES string of the molecule is Cc1c(-c2ccncc2)cnc(C#N)c1OCc1ccccc1. The molecule has 0 bridgehead atoms. The highest BCUT2D eigenvalue weighted by molar-refractivity contribution is 5.69. The number of hydrogen-bond donors (Lipinski definition) is 0. The van der Waals surface area contributed by atoms with Gasteiger partial charge in [-0.25, -0.2) is 4.98 Å². The second-order valence-electron chi connectivity index (χ2n) is 5.10. The van der Waals surface area contributed by atoms with Crippen LogP contribution in [0.2, 0.25) is 0 Å². The monoisotopic (exact) mass is 301 g/mol. The van der Waals surface area contributed by atoms with Gasteiger partial charge in [-0.05, 0) is 30.2 Å². The quantitative estimate of drug-likeness (QED) is 0.733. The average Bonchev–Trinajstić information content (AvgIpc) is 2.62.